The Morgan fingerprint density at radius 2 is 1.96 bits per heavy atom. The molecular formula is C17H21Cl2N3O3. The molecule has 0 saturated carbocycles. The van der Waals surface area contributed by atoms with Crippen LogP contribution in [0.15, 0.2) is 18.2 Å². The Labute approximate surface area is 156 Å². The quantitative estimate of drug-likeness (QED) is 0.838. The summed E-state index contributed by atoms with van der Waals surface area (Å²) in [5.41, 5.74) is 0.914. The van der Waals surface area contributed by atoms with Gasteiger partial charge in [0.15, 0.2) is 0 Å². The lowest BCUT2D eigenvalue weighted by atomic mass is 10.0. The van der Waals surface area contributed by atoms with Crippen molar-refractivity contribution >= 4 is 40.9 Å². The molecule has 0 spiro atoms. The van der Waals surface area contributed by atoms with Gasteiger partial charge < -0.3 is 20.2 Å². The third-order valence-corrected chi connectivity index (χ3v) is 5.36. The number of carbonyl (C=O) groups is 2. The van der Waals surface area contributed by atoms with Gasteiger partial charge in [0, 0.05) is 37.2 Å². The summed E-state index contributed by atoms with van der Waals surface area (Å²) < 4.78 is 0. The van der Waals surface area contributed by atoms with Crippen LogP contribution in [0.5, 0.6) is 0 Å². The summed E-state index contributed by atoms with van der Waals surface area (Å²) in [5, 5.41) is 13.3. The molecule has 0 aliphatic carbocycles. The van der Waals surface area contributed by atoms with Crippen molar-refractivity contribution in [1.82, 2.24) is 10.2 Å². The lowest BCUT2D eigenvalue weighted by molar-refractivity contribution is -0.141. The van der Waals surface area contributed by atoms with Crippen molar-refractivity contribution in [3.05, 3.63) is 28.2 Å². The fraction of sp³-hybridized carbons (Fsp3) is 0.529. The number of nitrogens with one attached hydrogen (secondary N) is 1. The zero-order valence-electron chi connectivity index (χ0n) is 13.8. The average Bonchev–Trinajstić information content (AvgIpc) is 3.05. The van der Waals surface area contributed by atoms with Crippen LogP contribution in [0.1, 0.15) is 19.3 Å². The van der Waals surface area contributed by atoms with E-state index in [9.17, 15) is 9.59 Å². The van der Waals surface area contributed by atoms with Crippen LogP contribution < -0.4 is 10.2 Å². The number of hydrogen-bond acceptors (Lipinski definition) is 3. The first-order chi connectivity index (χ1) is 11.9. The number of hydrogen-bond donors (Lipinski definition) is 2. The van der Waals surface area contributed by atoms with Gasteiger partial charge in [-0.05, 0) is 37.5 Å². The predicted octanol–water partition coefficient (Wildman–Crippen LogP) is 3.08. The largest absolute Gasteiger partial charge is 0.481 e. The van der Waals surface area contributed by atoms with Crippen LogP contribution in [0.2, 0.25) is 10.0 Å². The number of carboxylic acids is 1. The Kier molecular flexibility index (Phi) is 5.59. The summed E-state index contributed by atoms with van der Waals surface area (Å²) in [5.74, 6) is -1.29. The fourth-order valence-corrected chi connectivity index (χ4v) is 3.99. The Morgan fingerprint density at radius 3 is 2.64 bits per heavy atom. The highest BCUT2D eigenvalue weighted by Gasteiger charge is 2.32. The monoisotopic (exact) mass is 385 g/mol. The molecule has 1 aromatic carbocycles. The van der Waals surface area contributed by atoms with E-state index in [1.807, 2.05) is 6.07 Å². The summed E-state index contributed by atoms with van der Waals surface area (Å²) >= 11 is 12.2. The molecule has 2 N–H and O–H groups in total. The van der Waals surface area contributed by atoms with Crippen LogP contribution in [-0.4, -0.2) is 54.2 Å². The van der Waals surface area contributed by atoms with Crippen LogP contribution in [-0.2, 0) is 4.79 Å². The molecule has 25 heavy (non-hydrogen) atoms. The molecule has 136 valence electrons. The van der Waals surface area contributed by atoms with Gasteiger partial charge in [0.25, 0.3) is 0 Å². The summed E-state index contributed by atoms with van der Waals surface area (Å²) in [6.45, 7) is 2.31. The normalized spacial score (nSPS) is 23.6. The maximum atomic E-state index is 12.4. The molecule has 6 nitrogen and oxygen atoms in total. The van der Waals surface area contributed by atoms with E-state index in [-0.39, 0.29) is 18.6 Å². The van der Waals surface area contributed by atoms with E-state index < -0.39 is 11.9 Å². The number of likely N-dealkylation sites (tertiary alicyclic amines) is 1. The molecule has 2 aliphatic heterocycles. The molecule has 0 bridgehead atoms. The Bertz CT molecular complexity index is 671. The zero-order chi connectivity index (χ0) is 18.0. The van der Waals surface area contributed by atoms with Gasteiger partial charge in [-0.15, -0.1) is 0 Å². The summed E-state index contributed by atoms with van der Waals surface area (Å²) in [6.07, 6.45) is 2.35. The van der Waals surface area contributed by atoms with Crippen LogP contribution in [0, 0.1) is 5.92 Å². The number of piperidine rings is 1. The van der Waals surface area contributed by atoms with E-state index >= 15 is 0 Å². The number of nitrogens with zero attached hydrogens (tertiary/aromatic N) is 2. The van der Waals surface area contributed by atoms with Gasteiger partial charge in [0.05, 0.1) is 16.6 Å². The zero-order valence-corrected chi connectivity index (χ0v) is 15.3. The molecule has 2 amide bonds. The number of amides is 2. The van der Waals surface area contributed by atoms with E-state index in [1.165, 1.54) is 0 Å². The molecular weight excluding hydrogens is 365 g/mol. The first-order valence-electron chi connectivity index (χ1n) is 8.42. The van der Waals surface area contributed by atoms with Gasteiger partial charge in [0.2, 0.25) is 0 Å². The van der Waals surface area contributed by atoms with Crippen molar-refractivity contribution in [2.75, 3.05) is 31.1 Å². The summed E-state index contributed by atoms with van der Waals surface area (Å²) in [4.78, 5) is 27.2. The van der Waals surface area contributed by atoms with Gasteiger partial charge >= 0.3 is 12.0 Å². The molecule has 1 aromatic rings. The average molecular weight is 386 g/mol. The molecule has 0 aromatic heterocycles. The first-order valence-corrected chi connectivity index (χ1v) is 9.18. The second-order valence-electron chi connectivity index (χ2n) is 6.60. The fourth-order valence-electron chi connectivity index (χ4n) is 3.46. The highest BCUT2D eigenvalue weighted by Crippen LogP contribution is 2.30. The number of carbonyl (C=O) groups excluding carboxylic acids is 1. The maximum absolute atomic E-state index is 12.4. The van der Waals surface area contributed by atoms with E-state index in [1.54, 1.807) is 17.0 Å². The summed E-state index contributed by atoms with van der Waals surface area (Å²) in [6, 6.07) is 5.25. The van der Waals surface area contributed by atoms with E-state index in [0.717, 1.165) is 25.1 Å². The van der Waals surface area contributed by atoms with E-state index in [0.29, 0.717) is 29.6 Å². The molecule has 2 aliphatic rings. The minimum atomic E-state index is -0.837. The van der Waals surface area contributed by atoms with Gasteiger partial charge in [0.1, 0.15) is 0 Å². The van der Waals surface area contributed by atoms with E-state index in [2.05, 4.69) is 10.2 Å². The van der Waals surface area contributed by atoms with Crippen molar-refractivity contribution in [1.29, 1.82) is 0 Å². The molecule has 2 atom stereocenters. The first kappa shape index (κ1) is 18.1. The number of halogens is 2. The highest BCUT2D eigenvalue weighted by molar-refractivity contribution is 6.36. The smallest absolute Gasteiger partial charge is 0.317 e. The lowest BCUT2D eigenvalue weighted by Gasteiger charge is -2.36. The molecule has 2 unspecified atom stereocenters. The molecule has 2 saturated heterocycles. The lowest BCUT2D eigenvalue weighted by Crippen LogP contribution is -2.51. The van der Waals surface area contributed by atoms with Crippen molar-refractivity contribution in [2.45, 2.75) is 25.3 Å². The van der Waals surface area contributed by atoms with Gasteiger partial charge in [-0.25, -0.2) is 4.79 Å². The second kappa shape index (κ2) is 7.70. The number of benzene rings is 1. The Morgan fingerprint density at radius 1 is 1.16 bits per heavy atom. The third kappa shape index (κ3) is 4.30. The van der Waals surface area contributed by atoms with Crippen LogP contribution >= 0.6 is 23.2 Å². The summed E-state index contributed by atoms with van der Waals surface area (Å²) in [7, 11) is 0. The molecule has 0 radical (unpaired) electrons. The highest BCUT2D eigenvalue weighted by atomic mass is 35.5. The topological polar surface area (TPSA) is 72.9 Å². The maximum Gasteiger partial charge on any atom is 0.317 e. The SMILES string of the molecule is O=C(O)C1CCN(C(=O)NC2CCCN(c3ccc(Cl)cc3Cl)C2)C1. The van der Waals surface area contributed by atoms with E-state index in [4.69, 9.17) is 28.3 Å². The second-order valence-corrected chi connectivity index (χ2v) is 7.44. The molecule has 2 fully saturated rings. The minimum Gasteiger partial charge on any atom is -0.481 e. The van der Waals surface area contributed by atoms with Gasteiger partial charge in [-0.3, -0.25) is 4.79 Å². The Hall–Kier alpha value is -1.66. The molecule has 8 heteroatoms. The van der Waals surface area contributed by atoms with Gasteiger partial charge in [-0.1, -0.05) is 23.2 Å². The minimum absolute atomic E-state index is 0.0110. The van der Waals surface area contributed by atoms with Crippen molar-refractivity contribution < 1.29 is 14.7 Å². The standard InChI is InChI=1S/C17H21Cl2N3O3/c18-12-3-4-15(14(19)8-12)21-6-1-2-13(10-21)20-17(25)22-7-5-11(9-22)16(23)24/h3-4,8,11,13H,1-2,5-7,9-10H2,(H,20,25)(H,23,24). The van der Waals surface area contributed by atoms with Crippen LogP contribution in [0.4, 0.5) is 10.5 Å². The third-order valence-electron chi connectivity index (χ3n) is 4.82. The number of anilines is 1. The number of urea groups is 1. The molecule has 3 rings (SSSR count). The van der Waals surface area contributed by atoms with Crippen LogP contribution in [0.3, 0.4) is 0 Å². The number of aliphatic carboxylic acids is 1. The van der Waals surface area contributed by atoms with Crippen molar-refractivity contribution in [2.24, 2.45) is 5.92 Å². The molecule has 2 heterocycles. The Balaban J connectivity index is 1.58. The van der Waals surface area contributed by atoms with Gasteiger partial charge in [-0.2, -0.15) is 0 Å². The number of carboxylic acid groups (broad SMARTS) is 1. The van der Waals surface area contributed by atoms with Crippen LogP contribution in [0.25, 0.3) is 0 Å². The predicted molar refractivity (Wildman–Crippen MR) is 97.5 cm³/mol. The van der Waals surface area contributed by atoms with Crippen molar-refractivity contribution in [3.63, 3.8) is 0 Å². The van der Waals surface area contributed by atoms with Crippen molar-refractivity contribution in [3.8, 4) is 0 Å². The number of rotatable bonds is 3.